The van der Waals surface area contributed by atoms with Crippen molar-refractivity contribution in [3.8, 4) is 0 Å². The van der Waals surface area contributed by atoms with Crippen molar-refractivity contribution in [3.63, 3.8) is 0 Å². The van der Waals surface area contributed by atoms with Crippen LogP contribution in [0.15, 0.2) is 0 Å². The molecule has 0 aliphatic carbocycles. The van der Waals surface area contributed by atoms with Crippen LogP contribution in [-0.4, -0.2) is 114 Å². The summed E-state index contributed by atoms with van der Waals surface area (Å²) in [5.74, 6) is -2.02. The molecule has 3 N–H and O–H groups in total. The Hall–Kier alpha value is -1.15. The first-order chi connectivity index (χ1) is 18.9. The summed E-state index contributed by atoms with van der Waals surface area (Å²) < 4.78 is 26.0. The number of hydrogen-bond donors (Lipinski definition) is 6. The van der Waals surface area contributed by atoms with E-state index in [0.29, 0.717) is 5.75 Å². The van der Waals surface area contributed by atoms with Crippen LogP contribution in [0.2, 0.25) is 6.04 Å². The number of thiol groups is 3. The van der Waals surface area contributed by atoms with Crippen LogP contribution in [0, 0.1) is 0 Å². The first-order valence-corrected chi connectivity index (χ1v) is 17.4. The monoisotopic (exact) mass is 666 g/mol. The molecule has 0 fully saturated rings. The van der Waals surface area contributed by atoms with Crippen molar-refractivity contribution in [2.45, 2.75) is 50.2 Å². The molecule has 0 aromatic rings. The number of rotatable bonds is 23. The molecule has 0 radical (unpaired) electrons. The lowest BCUT2D eigenvalue weighted by atomic mass is 10.1. The summed E-state index contributed by atoms with van der Waals surface area (Å²) in [7, 11) is -4.16. The molecular weight excluding hydrogens is 629 g/mol. The molecular formula is C22H38O13S4Si. The summed E-state index contributed by atoms with van der Waals surface area (Å²) in [5.41, 5.74) is -1.80. The Morgan fingerprint density at radius 1 is 0.625 bits per heavy atom. The minimum absolute atomic E-state index is 0.0299. The number of esters is 5. The molecule has 0 aromatic heterocycles. The van der Waals surface area contributed by atoms with E-state index in [2.05, 4.69) is 37.9 Å². The largest absolute Gasteiger partial charge is 0.492 e. The second-order valence-corrected chi connectivity index (χ2v) is 12.9. The zero-order valence-electron chi connectivity index (χ0n) is 22.0. The third kappa shape index (κ3) is 21.6. The van der Waals surface area contributed by atoms with Crippen LogP contribution in [0.5, 0.6) is 0 Å². The van der Waals surface area contributed by atoms with E-state index in [0.717, 1.165) is 0 Å². The zero-order chi connectivity index (χ0) is 30.4. The minimum Gasteiger partial charge on any atom is -0.466 e. The lowest BCUT2D eigenvalue weighted by Gasteiger charge is -2.32. The number of ether oxygens (including phenoxy) is 5. The van der Waals surface area contributed by atoms with Crippen molar-refractivity contribution >= 4 is 88.3 Å². The van der Waals surface area contributed by atoms with Gasteiger partial charge in [0.25, 0.3) is 0 Å². The molecule has 0 spiro atoms. The van der Waals surface area contributed by atoms with Gasteiger partial charge in [-0.05, 0) is 6.42 Å². The molecule has 0 saturated carbocycles. The molecule has 18 heteroatoms. The Morgan fingerprint density at radius 3 is 1.43 bits per heavy atom. The molecule has 0 aliphatic rings. The van der Waals surface area contributed by atoms with Crippen LogP contribution in [0.1, 0.15) is 38.5 Å². The second kappa shape index (κ2) is 22.4. The number of carbonyl (C=O) groups excluding carboxylic acids is 5. The Kier molecular flexibility index (Phi) is 21.8. The fourth-order valence-electron chi connectivity index (χ4n) is 2.61. The minimum atomic E-state index is -4.16. The fourth-order valence-corrected chi connectivity index (χ4v) is 4.61. The van der Waals surface area contributed by atoms with Crippen molar-refractivity contribution in [2.24, 2.45) is 0 Å². The van der Waals surface area contributed by atoms with Crippen LogP contribution < -0.4 is 0 Å². The van der Waals surface area contributed by atoms with E-state index in [1.165, 1.54) is 11.8 Å². The molecule has 0 atom stereocenters. The van der Waals surface area contributed by atoms with E-state index in [9.17, 15) is 24.0 Å². The summed E-state index contributed by atoms with van der Waals surface area (Å²) in [6, 6.07) is -0.240. The average Bonchev–Trinajstić information content (AvgIpc) is 2.87. The van der Waals surface area contributed by atoms with Crippen molar-refractivity contribution in [2.75, 3.05) is 55.2 Å². The molecule has 0 unspecified atom stereocenters. The zero-order valence-corrected chi connectivity index (χ0v) is 26.5. The van der Waals surface area contributed by atoms with E-state index >= 15 is 0 Å². The predicted molar refractivity (Wildman–Crippen MR) is 156 cm³/mol. The summed E-state index contributed by atoms with van der Waals surface area (Å²) in [6.07, 6.45) is -0.0713. The highest BCUT2D eigenvalue weighted by molar-refractivity contribution is 7.99. The van der Waals surface area contributed by atoms with Gasteiger partial charge in [0.1, 0.15) is 19.8 Å². The highest BCUT2D eigenvalue weighted by Gasteiger charge is 2.40. The lowest BCUT2D eigenvalue weighted by molar-refractivity contribution is -0.195. The molecule has 232 valence electrons. The van der Waals surface area contributed by atoms with Gasteiger partial charge in [-0.1, -0.05) is 0 Å². The molecule has 40 heavy (non-hydrogen) atoms. The maximum Gasteiger partial charge on any atom is 0.492 e. The molecule has 0 aliphatic heterocycles. The summed E-state index contributed by atoms with van der Waals surface area (Å²) in [4.78, 5) is 87.1. The van der Waals surface area contributed by atoms with Gasteiger partial charge in [0.15, 0.2) is 0 Å². The third-order valence-corrected chi connectivity index (χ3v) is 7.27. The topological polar surface area (TPSA) is 192 Å². The molecule has 0 saturated heterocycles. The molecule has 0 heterocycles. The van der Waals surface area contributed by atoms with Gasteiger partial charge >= 0.3 is 38.7 Å². The Labute approximate surface area is 255 Å². The molecule has 13 nitrogen and oxygen atoms in total. The quantitative estimate of drug-likeness (QED) is 0.0285. The Balaban J connectivity index is 5.03. The number of carbonyl (C=O) groups is 5. The van der Waals surface area contributed by atoms with Gasteiger partial charge in [0, 0.05) is 34.8 Å². The van der Waals surface area contributed by atoms with Gasteiger partial charge in [-0.3, -0.25) is 24.0 Å². The maximum absolute atomic E-state index is 12.7. The van der Waals surface area contributed by atoms with Crippen LogP contribution in [0.25, 0.3) is 0 Å². The summed E-state index contributed by atoms with van der Waals surface area (Å²) in [6.45, 7) is -1.69. The third-order valence-electron chi connectivity index (χ3n) is 4.59. The standard InChI is InChI=1S/C22H38O13S4Si/c23-17(2-8-36)32-14-22(15-33-18(24)3-9-37,16-34-19(25)4-10-38)35-21(27)6-12-39-11-5-20(26)31-7-1-13-40(28,29)30/h28-30,36-38H,1-16H2. The van der Waals surface area contributed by atoms with Gasteiger partial charge in [-0.25, -0.2) is 0 Å². The second-order valence-electron chi connectivity index (χ2n) is 8.27. The van der Waals surface area contributed by atoms with Gasteiger partial charge in [-0.15, -0.1) is 0 Å². The number of thioether (sulfide) groups is 1. The van der Waals surface area contributed by atoms with Crippen LogP contribution in [0.3, 0.4) is 0 Å². The van der Waals surface area contributed by atoms with E-state index in [4.69, 9.17) is 38.1 Å². The van der Waals surface area contributed by atoms with Crippen molar-refractivity contribution in [1.29, 1.82) is 0 Å². The van der Waals surface area contributed by atoms with Crippen molar-refractivity contribution in [1.82, 2.24) is 0 Å². The van der Waals surface area contributed by atoms with E-state index in [1.807, 2.05) is 0 Å². The van der Waals surface area contributed by atoms with Crippen LogP contribution >= 0.6 is 49.6 Å². The maximum atomic E-state index is 12.7. The highest BCUT2D eigenvalue weighted by atomic mass is 32.2. The first-order valence-electron chi connectivity index (χ1n) is 12.3. The van der Waals surface area contributed by atoms with Crippen LogP contribution in [0.4, 0.5) is 0 Å². The fraction of sp³-hybridized carbons (Fsp3) is 0.773. The van der Waals surface area contributed by atoms with Crippen LogP contribution in [-0.2, 0) is 47.7 Å². The Morgan fingerprint density at radius 2 is 1.02 bits per heavy atom. The van der Waals surface area contributed by atoms with Crippen molar-refractivity contribution in [3.05, 3.63) is 0 Å². The molecule has 0 bridgehead atoms. The normalized spacial score (nSPS) is 11.4. The molecule has 0 aromatic carbocycles. The smallest absolute Gasteiger partial charge is 0.466 e. The predicted octanol–water partition coefficient (Wildman–Crippen LogP) is 0.220. The SMILES string of the molecule is O=C(CCSCCC(=O)OC(COC(=O)CCS)(COC(=O)CCS)COC(=O)CCS)OCCC[Si](O)(O)O. The first kappa shape index (κ1) is 38.8. The number of hydrogen-bond acceptors (Lipinski definition) is 17. The van der Waals surface area contributed by atoms with Gasteiger partial charge < -0.3 is 38.1 Å². The van der Waals surface area contributed by atoms with Gasteiger partial charge in [-0.2, -0.15) is 49.6 Å². The summed E-state index contributed by atoms with van der Waals surface area (Å²) >= 11 is 13.2. The van der Waals surface area contributed by atoms with Gasteiger partial charge in [0.05, 0.1) is 38.7 Å². The molecule has 0 rings (SSSR count). The van der Waals surface area contributed by atoms with Gasteiger partial charge in [0.2, 0.25) is 5.60 Å². The molecule has 0 amide bonds. The highest BCUT2D eigenvalue weighted by Crippen LogP contribution is 2.19. The van der Waals surface area contributed by atoms with E-state index in [1.54, 1.807) is 0 Å². The van der Waals surface area contributed by atoms with E-state index < -0.39 is 64.1 Å². The summed E-state index contributed by atoms with van der Waals surface area (Å²) in [5, 5.41) is 0. The Bertz CT molecular complexity index is 740. The average molecular weight is 667 g/mol. The lowest BCUT2D eigenvalue weighted by Crippen LogP contribution is -2.50. The van der Waals surface area contributed by atoms with E-state index in [-0.39, 0.29) is 74.2 Å². The van der Waals surface area contributed by atoms with Crippen molar-refractivity contribution < 1.29 is 62.0 Å².